The second-order valence-corrected chi connectivity index (χ2v) is 5.81. The van der Waals surface area contributed by atoms with E-state index in [-0.39, 0.29) is 17.9 Å². The van der Waals surface area contributed by atoms with Crippen molar-refractivity contribution in [1.82, 2.24) is 19.9 Å². The van der Waals surface area contributed by atoms with Crippen molar-refractivity contribution >= 4 is 10.8 Å². The Balaban J connectivity index is 1.59. The highest BCUT2D eigenvalue weighted by molar-refractivity contribution is 5.80. The smallest absolute Gasteiger partial charge is 0.329 e. The minimum atomic E-state index is -4.69. The lowest BCUT2D eigenvalue weighted by Gasteiger charge is -2.06. The molecule has 4 aromatic rings. The second kappa shape index (κ2) is 6.35. The molecule has 4 rings (SSSR count). The number of alkyl halides is 3. The Hall–Kier alpha value is -3.49. The average Bonchev–Trinajstić information content (AvgIpc) is 3.15. The average molecular weight is 372 g/mol. The van der Waals surface area contributed by atoms with Crippen molar-refractivity contribution in [1.29, 1.82) is 0 Å². The fourth-order valence-electron chi connectivity index (χ4n) is 2.63. The van der Waals surface area contributed by atoms with Gasteiger partial charge in [-0.15, -0.1) is 0 Å². The predicted octanol–water partition coefficient (Wildman–Crippen LogP) is 3.51. The number of nitrogens with zero attached hydrogens (tertiary/aromatic N) is 4. The number of rotatable bonds is 3. The van der Waals surface area contributed by atoms with E-state index in [9.17, 15) is 18.0 Å². The molecule has 0 unspecified atom stereocenters. The first-order chi connectivity index (χ1) is 12.9. The van der Waals surface area contributed by atoms with E-state index >= 15 is 0 Å². The zero-order chi connectivity index (χ0) is 19.0. The van der Waals surface area contributed by atoms with Gasteiger partial charge >= 0.3 is 12.1 Å². The SMILES string of the molecule is O=c1c2ccccc2cnn1Cc1ccc(-c2noc(C(F)(F)F)n2)cc1. The van der Waals surface area contributed by atoms with Crippen molar-refractivity contribution in [2.24, 2.45) is 0 Å². The predicted molar refractivity (Wildman–Crippen MR) is 89.8 cm³/mol. The van der Waals surface area contributed by atoms with E-state index in [4.69, 9.17) is 0 Å². The molecule has 0 amide bonds. The van der Waals surface area contributed by atoms with Gasteiger partial charge in [0.25, 0.3) is 5.56 Å². The summed E-state index contributed by atoms with van der Waals surface area (Å²) in [5.74, 6) is -1.55. The lowest BCUT2D eigenvalue weighted by atomic mass is 10.1. The quantitative estimate of drug-likeness (QED) is 0.550. The highest BCUT2D eigenvalue weighted by Crippen LogP contribution is 2.29. The van der Waals surface area contributed by atoms with Crippen molar-refractivity contribution in [2.75, 3.05) is 0 Å². The number of hydrogen-bond acceptors (Lipinski definition) is 5. The monoisotopic (exact) mass is 372 g/mol. The van der Waals surface area contributed by atoms with Crippen LogP contribution in [0.4, 0.5) is 13.2 Å². The number of hydrogen-bond donors (Lipinski definition) is 0. The van der Waals surface area contributed by atoms with E-state index < -0.39 is 12.1 Å². The molecule has 2 aromatic heterocycles. The van der Waals surface area contributed by atoms with Crippen LogP contribution in [0.15, 0.2) is 64.0 Å². The first-order valence-electron chi connectivity index (χ1n) is 7.87. The molecule has 27 heavy (non-hydrogen) atoms. The van der Waals surface area contributed by atoms with Crippen LogP contribution >= 0.6 is 0 Å². The van der Waals surface area contributed by atoms with Gasteiger partial charge in [0.1, 0.15) is 0 Å². The van der Waals surface area contributed by atoms with Gasteiger partial charge in [-0.2, -0.15) is 23.3 Å². The largest absolute Gasteiger partial charge is 0.471 e. The summed E-state index contributed by atoms with van der Waals surface area (Å²) >= 11 is 0. The topological polar surface area (TPSA) is 73.8 Å². The summed E-state index contributed by atoms with van der Waals surface area (Å²) < 4.78 is 43.2. The number of halogens is 3. The minimum Gasteiger partial charge on any atom is -0.329 e. The normalized spacial score (nSPS) is 11.8. The van der Waals surface area contributed by atoms with Gasteiger partial charge in [0.05, 0.1) is 18.1 Å². The molecule has 0 aliphatic rings. The number of aromatic nitrogens is 4. The Labute approximate surface area is 149 Å². The Morgan fingerprint density at radius 1 is 1.04 bits per heavy atom. The van der Waals surface area contributed by atoms with Crippen LogP contribution in [-0.4, -0.2) is 19.9 Å². The third-order valence-electron chi connectivity index (χ3n) is 3.97. The van der Waals surface area contributed by atoms with Gasteiger partial charge in [-0.1, -0.05) is 47.6 Å². The first kappa shape index (κ1) is 17.0. The van der Waals surface area contributed by atoms with E-state index in [0.717, 1.165) is 10.9 Å². The maximum Gasteiger partial charge on any atom is 0.471 e. The summed E-state index contributed by atoms with van der Waals surface area (Å²) in [4.78, 5) is 15.8. The van der Waals surface area contributed by atoms with Crippen LogP contribution in [0.5, 0.6) is 0 Å². The molecule has 6 nitrogen and oxygen atoms in total. The summed E-state index contributed by atoms with van der Waals surface area (Å²) in [5.41, 5.74) is 0.908. The van der Waals surface area contributed by atoms with E-state index in [1.54, 1.807) is 42.6 Å². The first-order valence-corrected chi connectivity index (χ1v) is 7.87. The highest BCUT2D eigenvalue weighted by atomic mass is 19.4. The van der Waals surface area contributed by atoms with Gasteiger partial charge in [0.15, 0.2) is 0 Å². The molecule has 0 spiro atoms. The fourth-order valence-corrected chi connectivity index (χ4v) is 2.63. The summed E-state index contributed by atoms with van der Waals surface area (Å²) in [5, 5.41) is 8.81. The van der Waals surface area contributed by atoms with E-state index in [2.05, 4.69) is 19.8 Å². The molecule has 2 heterocycles. The molecule has 0 atom stereocenters. The Bertz CT molecular complexity index is 1160. The van der Waals surface area contributed by atoms with Crippen LogP contribution in [0.1, 0.15) is 11.5 Å². The maximum atomic E-state index is 12.5. The lowest BCUT2D eigenvalue weighted by molar-refractivity contribution is -0.159. The zero-order valence-corrected chi connectivity index (χ0v) is 13.6. The molecule has 0 fully saturated rings. The molecule has 136 valence electrons. The number of fused-ring (bicyclic) bond motifs is 1. The van der Waals surface area contributed by atoms with Crippen LogP contribution in [0.25, 0.3) is 22.2 Å². The van der Waals surface area contributed by atoms with Crippen LogP contribution < -0.4 is 5.56 Å². The molecular formula is C18H11F3N4O2. The van der Waals surface area contributed by atoms with Gasteiger partial charge in [-0.25, -0.2) is 4.68 Å². The van der Waals surface area contributed by atoms with Gasteiger partial charge in [-0.3, -0.25) is 4.79 Å². The molecule has 2 aromatic carbocycles. The van der Waals surface area contributed by atoms with Crippen LogP contribution in [0.3, 0.4) is 0 Å². The summed E-state index contributed by atoms with van der Waals surface area (Å²) in [7, 11) is 0. The van der Waals surface area contributed by atoms with Gasteiger partial charge in [0.2, 0.25) is 5.82 Å². The molecule has 9 heteroatoms. The third kappa shape index (κ3) is 3.31. The molecule has 0 bridgehead atoms. The molecule has 0 radical (unpaired) electrons. The molecule has 0 aliphatic carbocycles. The second-order valence-electron chi connectivity index (χ2n) is 5.81. The van der Waals surface area contributed by atoms with Crippen LogP contribution in [0.2, 0.25) is 0 Å². The molecule has 0 saturated heterocycles. The van der Waals surface area contributed by atoms with Gasteiger partial charge in [-0.05, 0) is 11.6 Å². The van der Waals surface area contributed by atoms with Crippen LogP contribution in [0, 0.1) is 0 Å². The van der Waals surface area contributed by atoms with Crippen molar-refractivity contribution in [3.63, 3.8) is 0 Å². The standard InChI is InChI=1S/C18H11F3N4O2/c19-18(20,21)17-23-15(24-27-17)12-7-5-11(6-8-12)10-25-16(26)14-4-2-1-3-13(14)9-22-25/h1-9H,10H2. The summed E-state index contributed by atoms with van der Waals surface area (Å²) in [6.07, 6.45) is -3.07. The lowest BCUT2D eigenvalue weighted by Crippen LogP contribution is -2.23. The zero-order valence-electron chi connectivity index (χ0n) is 13.6. The third-order valence-corrected chi connectivity index (χ3v) is 3.97. The van der Waals surface area contributed by atoms with E-state index in [0.29, 0.717) is 10.9 Å². The van der Waals surface area contributed by atoms with Gasteiger partial charge in [0, 0.05) is 10.9 Å². The summed E-state index contributed by atoms with van der Waals surface area (Å²) in [6, 6.07) is 13.6. The van der Waals surface area contributed by atoms with Crippen molar-refractivity contribution < 1.29 is 17.7 Å². The maximum absolute atomic E-state index is 12.5. The van der Waals surface area contributed by atoms with Crippen molar-refractivity contribution in [3.05, 3.63) is 76.5 Å². The molecule has 0 saturated carbocycles. The fraction of sp³-hybridized carbons (Fsp3) is 0.111. The molecular weight excluding hydrogens is 361 g/mol. The Morgan fingerprint density at radius 2 is 1.78 bits per heavy atom. The van der Waals surface area contributed by atoms with E-state index in [1.807, 2.05) is 12.1 Å². The highest BCUT2D eigenvalue weighted by Gasteiger charge is 2.38. The van der Waals surface area contributed by atoms with E-state index in [1.165, 1.54) is 4.68 Å². The van der Waals surface area contributed by atoms with Crippen LogP contribution in [-0.2, 0) is 12.7 Å². The molecule has 0 aliphatic heterocycles. The van der Waals surface area contributed by atoms with Crippen molar-refractivity contribution in [2.45, 2.75) is 12.7 Å². The summed E-state index contributed by atoms with van der Waals surface area (Å²) in [6.45, 7) is 0.226. The van der Waals surface area contributed by atoms with Gasteiger partial charge < -0.3 is 4.52 Å². The minimum absolute atomic E-state index is 0.158. The Kier molecular flexibility index (Phi) is 3.98. The Morgan fingerprint density at radius 3 is 2.48 bits per heavy atom. The number of benzene rings is 2. The van der Waals surface area contributed by atoms with Crippen molar-refractivity contribution in [3.8, 4) is 11.4 Å². The molecule has 0 N–H and O–H groups in total.